The lowest BCUT2D eigenvalue weighted by molar-refractivity contribution is -0.142. The van der Waals surface area contributed by atoms with E-state index in [9.17, 15) is 15.0 Å². The minimum atomic E-state index is -0.883. The van der Waals surface area contributed by atoms with Crippen LogP contribution in [0.15, 0.2) is 30.6 Å². The quantitative estimate of drug-likeness (QED) is 0.894. The van der Waals surface area contributed by atoms with Gasteiger partial charge in [0.2, 0.25) is 0 Å². The average molecular weight is 315 g/mol. The molecular weight excluding hydrogens is 294 g/mol. The number of carboxylic acids is 1. The molecule has 2 aromatic rings. The highest BCUT2D eigenvalue weighted by Crippen LogP contribution is 2.26. The highest BCUT2D eigenvalue weighted by atomic mass is 16.4. The number of β-amino-alcohol motifs (C(OH)–C–C–N with tert-alkyl or cyclic N) is 1. The molecule has 0 saturated carbocycles. The summed E-state index contributed by atoms with van der Waals surface area (Å²) in [6.45, 7) is 4.91. The van der Waals surface area contributed by atoms with Crippen molar-refractivity contribution in [1.82, 2.24) is 14.7 Å². The molecule has 2 heterocycles. The molecule has 2 N–H and O–H groups in total. The molecule has 0 aliphatic carbocycles. The van der Waals surface area contributed by atoms with Gasteiger partial charge in [-0.15, -0.1) is 0 Å². The molecule has 1 aliphatic heterocycles. The molecule has 0 unspecified atom stereocenters. The Morgan fingerprint density at radius 1 is 1.39 bits per heavy atom. The first kappa shape index (κ1) is 15.7. The van der Waals surface area contributed by atoms with Gasteiger partial charge in [-0.1, -0.05) is 17.7 Å². The predicted octanol–water partition coefficient (Wildman–Crippen LogP) is 1.51. The number of aliphatic hydroxyl groups excluding tert-OH is 1. The summed E-state index contributed by atoms with van der Waals surface area (Å²) in [6, 6.07) is 5.38. The van der Waals surface area contributed by atoms with Gasteiger partial charge in [0.15, 0.2) is 0 Å². The number of likely N-dealkylation sites (tertiary alicyclic amines) is 1. The Morgan fingerprint density at radius 2 is 2.17 bits per heavy atom. The van der Waals surface area contributed by atoms with Gasteiger partial charge in [0.1, 0.15) is 6.04 Å². The van der Waals surface area contributed by atoms with Crippen LogP contribution >= 0.6 is 0 Å². The first-order valence-corrected chi connectivity index (χ1v) is 7.70. The van der Waals surface area contributed by atoms with E-state index in [1.165, 1.54) is 0 Å². The molecule has 1 saturated heterocycles. The number of carbonyl (C=O) groups is 1. The third-order valence-electron chi connectivity index (χ3n) is 4.30. The van der Waals surface area contributed by atoms with E-state index >= 15 is 0 Å². The molecule has 6 heteroatoms. The van der Waals surface area contributed by atoms with Crippen molar-refractivity contribution in [3.05, 3.63) is 47.3 Å². The molecule has 23 heavy (non-hydrogen) atoms. The monoisotopic (exact) mass is 315 g/mol. The van der Waals surface area contributed by atoms with Crippen molar-refractivity contribution in [1.29, 1.82) is 0 Å². The van der Waals surface area contributed by atoms with Gasteiger partial charge in [-0.2, -0.15) is 5.10 Å². The lowest BCUT2D eigenvalue weighted by Gasteiger charge is -2.23. The Hall–Kier alpha value is -2.18. The fraction of sp³-hybridized carbons (Fsp3) is 0.412. The van der Waals surface area contributed by atoms with Crippen molar-refractivity contribution in [3.8, 4) is 5.69 Å². The standard InChI is InChI=1S/C17H21N3O3/c1-11-6-12(2)16(20-5-3-4-18-20)13(7-11)9-19-10-14(21)8-15(19)17(22)23/h3-7,14-15,21H,8-10H2,1-2H3,(H,22,23)/t14-,15+/m1/s1. The zero-order valence-electron chi connectivity index (χ0n) is 13.3. The van der Waals surface area contributed by atoms with Gasteiger partial charge in [-0.25, -0.2) is 4.68 Å². The van der Waals surface area contributed by atoms with Gasteiger partial charge >= 0.3 is 5.97 Å². The van der Waals surface area contributed by atoms with E-state index < -0.39 is 18.1 Å². The Morgan fingerprint density at radius 3 is 2.83 bits per heavy atom. The van der Waals surface area contributed by atoms with E-state index in [4.69, 9.17) is 0 Å². The molecule has 0 amide bonds. The van der Waals surface area contributed by atoms with Crippen LogP contribution in [-0.2, 0) is 11.3 Å². The second-order valence-corrected chi connectivity index (χ2v) is 6.21. The van der Waals surface area contributed by atoms with E-state index in [1.54, 1.807) is 6.20 Å². The highest BCUT2D eigenvalue weighted by Gasteiger charge is 2.36. The number of hydrogen-bond acceptors (Lipinski definition) is 4. The molecule has 0 bridgehead atoms. The van der Waals surface area contributed by atoms with Gasteiger partial charge in [-0.3, -0.25) is 9.69 Å². The number of aliphatic hydroxyl groups is 1. The number of aryl methyl sites for hydroxylation is 2. The van der Waals surface area contributed by atoms with Crippen molar-refractivity contribution >= 4 is 5.97 Å². The van der Waals surface area contributed by atoms with Crippen molar-refractivity contribution < 1.29 is 15.0 Å². The summed E-state index contributed by atoms with van der Waals surface area (Å²) < 4.78 is 1.81. The van der Waals surface area contributed by atoms with Gasteiger partial charge in [0.05, 0.1) is 11.8 Å². The fourth-order valence-corrected chi connectivity index (χ4v) is 3.43. The zero-order valence-corrected chi connectivity index (χ0v) is 13.3. The molecule has 2 atom stereocenters. The predicted molar refractivity (Wildman–Crippen MR) is 85.5 cm³/mol. The van der Waals surface area contributed by atoms with Crippen LogP contribution in [0.1, 0.15) is 23.1 Å². The smallest absolute Gasteiger partial charge is 0.321 e. The summed E-state index contributed by atoms with van der Waals surface area (Å²) in [7, 11) is 0. The van der Waals surface area contributed by atoms with Crippen LogP contribution in [0.4, 0.5) is 0 Å². The molecule has 1 aromatic carbocycles. The molecule has 0 radical (unpaired) electrons. The van der Waals surface area contributed by atoms with Crippen LogP contribution in [0.2, 0.25) is 0 Å². The maximum Gasteiger partial charge on any atom is 0.321 e. The van der Waals surface area contributed by atoms with Gasteiger partial charge < -0.3 is 10.2 Å². The van der Waals surface area contributed by atoms with E-state index in [-0.39, 0.29) is 6.42 Å². The van der Waals surface area contributed by atoms with Gasteiger partial charge in [-0.05, 0) is 31.0 Å². The number of hydrogen-bond donors (Lipinski definition) is 2. The van der Waals surface area contributed by atoms with E-state index in [1.807, 2.05) is 35.7 Å². The number of rotatable bonds is 4. The zero-order chi connectivity index (χ0) is 16.6. The van der Waals surface area contributed by atoms with Crippen LogP contribution in [0, 0.1) is 13.8 Å². The number of carboxylic acid groups (broad SMARTS) is 1. The Labute approximate surface area is 135 Å². The van der Waals surface area contributed by atoms with Gasteiger partial charge in [0.25, 0.3) is 0 Å². The number of benzene rings is 1. The maximum atomic E-state index is 11.4. The highest BCUT2D eigenvalue weighted by molar-refractivity contribution is 5.74. The van der Waals surface area contributed by atoms with Crippen LogP contribution in [0.25, 0.3) is 5.69 Å². The normalized spacial score (nSPS) is 21.7. The Bertz CT molecular complexity index is 712. The fourth-order valence-electron chi connectivity index (χ4n) is 3.43. The SMILES string of the molecule is Cc1cc(C)c(-n2cccn2)c(CN2C[C@H](O)C[C@H]2C(=O)O)c1. The second-order valence-electron chi connectivity index (χ2n) is 6.21. The minimum Gasteiger partial charge on any atom is -0.480 e. The lowest BCUT2D eigenvalue weighted by Crippen LogP contribution is -2.35. The molecule has 1 aliphatic rings. The van der Waals surface area contributed by atoms with Crippen molar-refractivity contribution in [2.75, 3.05) is 6.54 Å². The number of aromatic nitrogens is 2. The lowest BCUT2D eigenvalue weighted by atomic mass is 10.0. The maximum absolute atomic E-state index is 11.4. The summed E-state index contributed by atoms with van der Waals surface area (Å²) in [5, 5.41) is 23.5. The molecule has 3 rings (SSSR count). The van der Waals surface area contributed by atoms with Crippen LogP contribution in [-0.4, -0.2) is 49.6 Å². The summed E-state index contributed by atoms with van der Waals surface area (Å²) >= 11 is 0. The first-order valence-electron chi connectivity index (χ1n) is 7.70. The van der Waals surface area contributed by atoms with Crippen LogP contribution in [0.3, 0.4) is 0 Å². The van der Waals surface area contributed by atoms with E-state index in [0.717, 1.165) is 22.4 Å². The summed E-state index contributed by atoms with van der Waals surface area (Å²) in [6.07, 6.45) is 3.30. The van der Waals surface area contributed by atoms with Crippen molar-refractivity contribution in [2.45, 2.75) is 39.0 Å². The second kappa shape index (κ2) is 6.14. The summed E-state index contributed by atoms with van der Waals surface area (Å²) in [5.74, 6) is -0.883. The number of nitrogens with zero attached hydrogens (tertiary/aromatic N) is 3. The molecule has 0 spiro atoms. The van der Waals surface area contributed by atoms with E-state index in [2.05, 4.69) is 17.2 Å². The average Bonchev–Trinajstić information content (AvgIpc) is 3.08. The molecule has 122 valence electrons. The van der Waals surface area contributed by atoms with Crippen molar-refractivity contribution in [2.24, 2.45) is 0 Å². The summed E-state index contributed by atoms with van der Waals surface area (Å²) in [4.78, 5) is 13.3. The van der Waals surface area contributed by atoms with E-state index in [0.29, 0.717) is 13.1 Å². The van der Waals surface area contributed by atoms with Crippen molar-refractivity contribution in [3.63, 3.8) is 0 Å². The largest absolute Gasteiger partial charge is 0.480 e. The molecule has 1 fully saturated rings. The minimum absolute atomic E-state index is 0.275. The topological polar surface area (TPSA) is 78.6 Å². The third-order valence-corrected chi connectivity index (χ3v) is 4.30. The number of aliphatic carboxylic acids is 1. The Kier molecular flexibility index (Phi) is 4.19. The molecule has 6 nitrogen and oxygen atoms in total. The van der Waals surface area contributed by atoms with Gasteiger partial charge in [0, 0.05) is 31.9 Å². The van der Waals surface area contributed by atoms with Crippen LogP contribution < -0.4 is 0 Å². The molecular formula is C17H21N3O3. The Balaban J connectivity index is 1.98. The first-order chi connectivity index (χ1) is 11.0. The third kappa shape index (κ3) is 3.13. The van der Waals surface area contributed by atoms with Crippen LogP contribution in [0.5, 0.6) is 0 Å². The summed E-state index contributed by atoms with van der Waals surface area (Å²) in [5.41, 5.74) is 4.22. The molecule has 1 aromatic heterocycles.